The average molecular weight is 224 g/mol. The van der Waals surface area contributed by atoms with Gasteiger partial charge in [-0.1, -0.05) is 12.1 Å². The SMILES string of the molecule is Nc1ccncc1C1=Nc2ccccc2NC1. The highest BCUT2D eigenvalue weighted by Gasteiger charge is 2.13. The first-order valence-electron chi connectivity index (χ1n) is 5.45. The van der Waals surface area contributed by atoms with Crippen LogP contribution in [0.15, 0.2) is 47.7 Å². The lowest BCUT2D eigenvalue weighted by molar-refractivity contribution is 1.26. The first-order valence-corrected chi connectivity index (χ1v) is 5.45. The first-order chi connectivity index (χ1) is 8.34. The molecule has 17 heavy (non-hydrogen) atoms. The lowest BCUT2D eigenvalue weighted by atomic mass is 10.1. The van der Waals surface area contributed by atoms with E-state index < -0.39 is 0 Å². The number of nitrogens with two attached hydrogens (primary N) is 1. The predicted octanol–water partition coefficient (Wildman–Crippen LogP) is 2.21. The molecule has 1 aliphatic heterocycles. The number of para-hydroxylation sites is 2. The molecule has 0 atom stereocenters. The Morgan fingerprint density at radius 1 is 1.18 bits per heavy atom. The molecular weight excluding hydrogens is 212 g/mol. The molecule has 3 N–H and O–H groups in total. The Morgan fingerprint density at radius 2 is 2.06 bits per heavy atom. The van der Waals surface area contributed by atoms with E-state index in [-0.39, 0.29) is 0 Å². The molecule has 84 valence electrons. The number of aromatic nitrogens is 1. The van der Waals surface area contributed by atoms with Crippen LogP contribution >= 0.6 is 0 Å². The molecule has 0 saturated heterocycles. The van der Waals surface area contributed by atoms with Crippen LogP contribution in [0.5, 0.6) is 0 Å². The molecule has 0 fully saturated rings. The van der Waals surface area contributed by atoms with E-state index in [9.17, 15) is 0 Å². The van der Waals surface area contributed by atoms with Crippen LogP contribution in [-0.2, 0) is 0 Å². The summed E-state index contributed by atoms with van der Waals surface area (Å²) in [5.74, 6) is 0. The highest BCUT2D eigenvalue weighted by molar-refractivity contribution is 6.10. The molecule has 1 aromatic heterocycles. The minimum absolute atomic E-state index is 0.674. The average Bonchev–Trinajstić information content (AvgIpc) is 2.39. The Labute approximate surface area is 99.2 Å². The van der Waals surface area contributed by atoms with Crippen LogP contribution in [0.4, 0.5) is 17.1 Å². The van der Waals surface area contributed by atoms with Gasteiger partial charge in [-0.05, 0) is 18.2 Å². The summed E-state index contributed by atoms with van der Waals surface area (Å²) in [7, 11) is 0. The third kappa shape index (κ3) is 1.73. The van der Waals surface area contributed by atoms with Gasteiger partial charge in [0, 0.05) is 23.6 Å². The molecule has 0 saturated carbocycles. The van der Waals surface area contributed by atoms with Crippen molar-refractivity contribution < 1.29 is 0 Å². The predicted molar refractivity (Wildman–Crippen MR) is 69.8 cm³/mol. The van der Waals surface area contributed by atoms with Gasteiger partial charge < -0.3 is 11.1 Å². The second kappa shape index (κ2) is 3.90. The number of hydrogen-bond donors (Lipinski definition) is 2. The largest absolute Gasteiger partial charge is 0.398 e. The van der Waals surface area contributed by atoms with Crippen molar-refractivity contribution in [3.05, 3.63) is 48.3 Å². The first kappa shape index (κ1) is 9.84. The number of pyridine rings is 1. The highest BCUT2D eigenvalue weighted by Crippen LogP contribution is 2.29. The van der Waals surface area contributed by atoms with Gasteiger partial charge >= 0.3 is 0 Å². The van der Waals surface area contributed by atoms with Crippen molar-refractivity contribution in [3.8, 4) is 0 Å². The number of fused-ring (bicyclic) bond motifs is 1. The van der Waals surface area contributed by atoms with Crippen molar-refractivity contribution in [2.45, 2.75) is 0 Å². The van der Waals surface area contributed by atoms with E-state index in [1.165, 1.54) is 0 Å². The van der Waals surface area contributed by atoms with Gasteiger partial charge in [-0.15, -0.1) is 0 Å². The zero-order chi connectivity index (χ0) is 11.7. The Balaban J connectivity index is 2.08. The molecule has 0 spiro atoms. The van der Waals surface area contributed by atoms with E-state index in [4.69, 9.17) is 5.73 Å². The Kier molecular flexibility index (Phi) is 2.26. The minimum atomic E-state index is 0.674. The van der Waals surface area contributed by atoms with E-state index in [2.05, 4.69) is 15.3 Å². The molecule has 2 aromatic rings. The van der Waals surface area contributed by atoms with Gasteiger partial charge in [0.05, 0.1) is 23.6 Å². The van der Waals surface area contributed by atoms with Crippen LogP contribution in [0.25, 0.3) is 0 Å². The molecule has 3 rings (SSSR count). The van der Waals surface area contributed by atoms with Crippen LogP contribution < -0.4 is 11.1 Å². The summed E-state index contributed by atoms with van der Waals surface area (Å²) in [5.41, 5.74) is 10.5. The van der Waals surface area contributed by atoms with Gasteiger partial charge in [-0.2, -0.15) is 0 Å². The zero-order valence-electron chi connectivity index (χ0n) is 9.22. The lowest BCUT2D eigenvalue weighted by Gasteiger charge is -2.18. The summed E-state index contributed by atoms with van der Waals surface area (Å²) < 4.78 is 0. The lowest BCUT2D eigenvalue weighted by Crippen LogP contribution is -2.19. The standard InChI is InChI=1S/C13H12N4/c14-10-5-6-15-7-9(10)13-8-16-11-3-1-2-4-12(11)17-13/h1-7,16H,8H2,(H2,14,15). The maximum absolute atomic E-state index is 5.92. The van der Waals surface area contributed by atoms with Gasteiger partial charge in [0.15, 0.2) is 0 Å². The van der Waals surface area contributed by atoms with Crippen LogP contribution in [0.1, 0.15) is 5.56 Å². The number of nitrogen functional groups attached to an aromatic ring is 1. The second-order valence-corrected chi connectivity index (χ2v) is 3.89. The fourth-order valence-electron chi connectivity index (χ4n) is 1.89. The molecule has 1 aliphatic rings. The molecule has 0 radical (unpaired) electrons. The summed E-state index contributed by atoms with van der Waals surface area (Å²) in [6, 6.07) is 9.75. The topological polar surface area (TPSA) is 63.3 Å². The second-order valence-electron chi connectivity index (χ2n) is 3.89. The van der Waals surface area contributed by atoms with Gasteiger partial charge in [-0.3, -0.25) is 4.98 Å². The maximum atomic E-state index is 5.92. The molecule has 4 heteroatoms. The number of aliphatic imine (C=N–C) groups is 1. The van der Waals surface area contributed by atoms with Crippen molar-refractivity contribution >= 4 is 22.8 Å². The third-order valence-corrected chi connectivity index (χ3v) is 2.77. The number of nitrogens with zero attached hydrogens (tertiary/aromatic N) is 2. The highest BCUT2D eigenvalue weighted by atomic mass is 15.0. The van der Waals surface area contributed by atoms with Crippen molar-refractivity contribution in [1.29, 1.82) is 0 Å². The summed E-state index contributed by atoms with van der Waals surface area (Å²) in [4.78, 5) is 8.70. The quantitative estimate of drug-likeness (QED) is 0.780. The van der Waals surface area contributed by atoms with E-state index in [0.717, 1.165) is 22.6 Å². The Morgan fingerprint density at radius 3 is 2.94 bits per heavy atom. The Bertz CT molecular complexity index is 589. The van der Waals surface area contributed by atoms with Crippen molar-refractivity contribution in [1.82, 2.24) is 4.98 Å². The van der Waals surface area contributed by atoms with E-state index in [1.54, 1.807) is 18.5 Å². The minimum Gasteiger partial charge on any atom is -0.398 e. The molecule has 0 amide bonds. The number of rotatable bonds is 1. The smallest absolute Gasteiger partial charge is 0.0865 e. The number of hydrogen-bond acceptors (Lipinski definition) is 4. The zero-order valence-corrected chi connectivity index (χ0v) is 9.22. The van der Waals surface area contributed by atoms with E-state index >= 15 is 0 Å². The van der Waals surface area contributed by atoms with Crippen molar-refractivity contribution in [2.75, 3.05) is 17.6 Å². The van der Waals surface area contributed by atoms with E-state index in [1.807, 2.05) is 24.3 Å². The summed E-state index contributed by atoms with van der Waals surface area (Å²) in [6.07, 6.45) is 3.44. The van der Waals surface area contributed by atoms with Crippen LogP contribution in [0.3, 0.4) is 0 Å². The number of nitrogens with one attached hydrogen (secondary N) is 1. The molecule has 0 unspecified atom stereocenters. The maximum Gasteiger partial charge on any atom is 0.0865 e. The van der Waals surface area contributed by atoms with Crippen LogP contribution in [0.2, 0.25) is 0 Å². The summed E-state index contributed by atoms with van der Waals surface area (Å²) in [6.45, 7) is 0.674. The number of benzene rings is 1. The molecule has 4 nitrogen and oxygen atoms in total. The van der Waals surface area contributed by atoms with Gasteiger partial charge in [0.1, 0.15) is 0 Å². The molecule has 2 heterocycles. The van der Waals surface area contributed by atoms with Crippen molar-refractivity contribution in [3.63, 3.8) is 0 Å². The molecule has 0 aliphatic carbocycles. The third-order valence-electron chi connectivity index (χ3n) is 2.77. The van der Waals surface area contributed by atoms with Crippen LogP contribution in [-0.4, -0.2) is 17.2 Å². The van der Waals surface area contributed by atoms with E-state index in [0.29, 0.717) is 12.2 Å². The monoisotopic (exact) mass is 224 g/mol. The molecule has 1 aromatic carbocycles. The Hall–Kier alpha value is -2.36. The fourth-order valence-corrected chi connectivity index (χ4v) is 1.89. The normalized spacial score (nSPS) is 13.5. The fraction of sp³-hybridized carbons (Fsp3) is 0.0769. The molecule has 0 bridgehead atoms. The summed E-state index contributed by atoms with van der Waals surface area (Å²) in [5, 5.41) is 3.32. The van der Waals surface area contributed by atoms with Gasteiger partial charge in [0.25, 0.3) is 0 Å². The van der Waals surface area contributed by atoms with Gasteiger partial charge in [0.2, 0.25) is 0 Å². The molecular formula is C13H12N4. The van der Waals surface area contributed by atoms with Crippen molar-refractivity contribution in [2.24, 2.45) is 4.99 Å². The number of anilines is 2. The van der Waals surface area contributed by atoms with Crippen LogP contribution in [0, 0.1) is 0 Å². The van der Waals surface area contributed by atoms with Gasteiger partial charge in [-0.25, -0.2) is 4.99 Å². The summed E-state index contributed by atoms with van der Waals surface area (Å²) >= 11 is 0.